The van der Waals surface area contributed by atoms with Crippen molar-refractivity contribution in [3.63, 3.8) is 0 Å². The molecule has 2 aromatic carbocycles. The molecule has 0 radical (unpaired) electrons. The SMILES string of the molecule is CCC(N/C=C/c1ccccc1)c1c#ccc(COc2nn3c(C(F)(F)F)nnc3c3ccccc23)n1. The van der Waals surface area contributed by atoms with Crippen LogP contribution in [0.15, 0.2) is 66.9 Å². The number of halogens is 3. The maximum Gasteiger partial charge on any atom is 0.453 e. The number of hydrogen-bond acceptors (Lipinski definition) is 6. The van der Waals surface area contributed by atoms with Crippen LogP contribution in [0.3, 0.4) is 0 Å². The highest BCUT2D eigenvalue weighted by Crippen LogP contribution is 2.32. The van der Waals surface area contributed by atoms with Gasteiger partial charge in [-0.3, -0.25) is 0 Å². The Morgan fingerprint density at radius 2 is 1.81 bits per heavy atom. The van der Waals surface area contributed by atoms with Crippen LogP contribution in [0.25, 0.3) is 22.5 Å². The van der Waals surface area contributed by atoms with Gasteiger partial charge in [0.1, 0.15) is 12.3 Å². The van der Waals surface area contributed by atoms with Crippen molar-refractivity contribution in [3.8, 4) is 5.88 Å². The van der Waals surface area contributed by atoms with E-state index in [0.717, 1.165) is 12.0 Å². The summed E-state index contributed by atoms with van der Waals surface area (Å²) in [5.41, 5.74) is 2.24. The molecule has 10 heteroatoms. The lowest BCUT2D eigenvalue weighted by Gasteiger charge is -2.14. The lowest BCUT2D eigenvalue weighted by molar-refractivity contribution is -0.146. The first-order valence-corrected chi connectivity index (χ1v) is 11.5. The summed E-state index contributed by atoms with van der Waals surface area (Å²) >= 11 is 0. The lowest BCUT2D eigenvalue weighted by atomic mass is 10.1. The predicted octanol–water partition coefficient (Wildman–Crippen LogP) is 5.58. The molecule has 3 aromatic heterocycles. The van der Waals surface area contributed by atoms with Gasteiger partial charge in [0.25, 0.3) is 5.82 Å². The number of aromatic nitrogens is 5. The molecule has 0 saturated heterocycles. The third-order valence-corrected chi connectivity index (χ3v) is 5.65. The largest absolute Gasteiger partial charge is 0.470 e. The Bertz CT molecular complexity index is 1550. The number of hydrogen-bond donors (Lipinski definition) is 1. The molecule has 186 valence electrons. The Labute approximate surface area is 210 Å². The van der Waals surface area contributed by atoms with Gasteiger partial charge in [-0.2, -0.15) is 17.7 Å². The van der Waals surface area contributed by atoms with Gasteiger partial charge in [0.15, 0.2) is 5.65 Å². The van der Waals surface area contributed by atoms with Crippen LogP contribution in [0.2, 0.25) is 0 Å². The minimum atomic E-state index is -4.72. The number of nitrogens with one attached hydrogen (secondary N) is 1. The van der Waals surface area contributed by atoms with Crippen LogP contribution in [-0.2, 0) is 12.8 Å². The first-order valence-electron chi connectivity index (χ1n) is 11.5. The highest BCUT2D eigenvalue weighted by Gasteiger charge is 2.38. The zero-order valence-corrected chi connectivity index (χ0v) is 19.7. The maximum atomic E-state index is 13.4. The highest BCUT2D eigenvalue weighted by molar-refractivity contribution is 5.96. The van der Waals surface area contributed by atoms with Gasteiger partial charge in [-0.05, 0) is 36.4 Å². The number of benzene rings is 2. The molecule has 0 aliphatic rings. The third-order valence-electron chi connectivity index (χ3n) is 5.65. The summed E-state index contributed by atoms with van der Waals surface area (Å²) in [6.45, 7) is 2.00. The van der Waals surface area contributed by atoms with Crippen LogP contribution in [-0.4, -0.2) is 24.8 Å². The van der Waals surface area contributed by atoms with Crippen LogP contribution in [0, 0.1) is 12.1 Å². The molecule has 0 aliphatic heterocycles. The van der Waals surface area contributed by atoms with Crippen LogP contribution >= 0.6 is 0 Å². The molecule has 0 spiro atoms. The van der Waals surface area contributed by atoms with E-state index in [2.05, 4.69) is 37.7 Å². The molecule has 3 heterocycles. The molecule has 1 atom stereocenters. The van der Waals surface area contributed by atoms with Crippen molar-refractivity contribution in [2.45, 2.75) is 32.2 Å². The molecular weight excluding hydrogens is 481 g/mol. The van der Waals surface area contributed by atoms with Gasteiger partial charge in [-0.1, -0.05) is 61.5 Å². The number of alkyl halides is 3. The molecule has 37 heavy (non-hydrogen) atoms. The summed E-state index contributed by atoms with van der Waals surface area (Å²) < 4.78 is 46.9. The fourth-order valence-corrected chi connectivity index (χ4v) is 3.84. The Morgan fingerprint density at radius 3 is 2.57 bits per heavy atom. The van der Waals surface area contributed by atoms with Gasteiger partial charge in [-0.15, -0.1) is 15.3 Å². The van der Waals surface area contributed by atoms with E-state index in [1.807, 2.05) is 49.5 Å². The summed E-state index contributed by atoms with van der Waals surface area (Å²) in [5.74, 6) is -1.21. The lowest BCUT2D eigenvalue weighted by Crippen LogP contribution is -2.16. The average Bonchev–Trinajstić information content (AvgIpc) is 3.35. The second-order valence-corrected chi connectivity index (χ2v) is 8.17. The first-order chi connectivity index (χ1) is 17.9. The van der Waals surface area contributed by atoms with E-state index >= 15 is 0 Å². The molecule has 1 unspecified atom stereocenters. The molecule has 1 N–H and O–H groups in total. The third kappa shape index (κ3) is 5.16. The van der Waals surface area contributed by atoms with E-state index in [0.29, 0.717) is 26.7 Å². The van der Waals surface area contributed by atoms with E-state index in [1.54, 1.807) is 30.3 Å². The quantitative estimate of drug-likeness (QED) is 0.298. The van der Waals surface area contributed by atoms with Gasteiger partial charge in [0, 0.05) is 16.8 Å². The Hall–Kier alpha value is -4.65. The van der Waals surface area contributed by atoms with Gasteiger partial charge >= 0.3 is 6.18 Å². The second kappa shape index (κ2) is 10.1. The zero-order valence-electron chi connectivity index (χ0n) is 19.7. The number of fused-ring (bicyclic) bond motifs is 3. The van der Waals surface area contributed by atoms with E-state index in [9.17, 15) is 13.2 Å². The molecular formula is C27H21F3N6O. The molecule has 0 amide bonds. The monoisotopic (exact) mass is 502 g/mol. The van der Waals surface area contributed by atoms with Gasteiger partial charge < -0.3 is 10.1 Å². The first kappa shape index (κ1) is 24.1. The van der Waals surface area contributed by atoms with Crippen molar-refractivity contribution in [2.75, 3.05) is 0 Å². The van der Waals surface area contributed by atoms with E-state index in [-0.39, 0.29) is 24.2 Å². The molecule has 0 bridgehead atoms. The summed E-state index contributed by atoms with van der Waals surface area (Å²) in [7, 11) is 0. The van der Waals surface area contributed by atoms with Gasteiger partial charge in [0.2, 0.25) is 5.88 Å². The minimum Gasteiger partial charge on any atom is -0.470 e. The van der Waals surface area contributed by atoms with Crippen LogP contribution in [0.5, 0.6) is 5.88 Å². The maximum absolute atomic E-state index is 13.4. The topological polar surface area (TPSA) is 77.2 Å². The Morgan fingerprint density at radius 1 is 1.05 bits per heavy atom. The highest BCUT2D eigenvalue weighted by atomic mass is 19.4. The van der Waals surface area contributed by atoms with Crippen LogP contribution in [0.4, 0.5) is 13.2 Å². The fourth-order valence-electron chi connectivity index (χ4n) is 3.84. The standard InChI is InChI=1S/C27H21F3N6O/c1-2-22(31-16-15-18-9-4-3-5-10-18)23-14-8-11-19(32-23)17-37-25-21-13-7-6-12-20(21)24-33-34-26(27(28,29)30)36(24)35-25/h3-7,9-13,15-16,22,31H,2,17H2,1H3/b16-15+. The minimum absolute atomic E-state index is 0.00116. The van der Waals surface area contributed by atoms with Gasteiger partial charge in [-0.25, -0.2) is 4.98 Å². The number of nitrogens with zero attached hydrogens (tertiary/aromatic N) is 5. The Kier molecular flexibility index (Phi) is 6.60. The molecule has 5 aromatic rings. The molecule has 0 fully saturated rings. The van der Waals surface area contributed by atoms with E-state index < -0.39 is 12.0 Å². The van der Waals surface area contributed by atoms with Crippen molar-refractivity contribution < 1.29 is 17.9 Å². The normalized spacial score (nSPS) is 12.6. The summed E-state index contributed by atoms with van der Waals surface area (Å²) in [4.78, 5) is 4.63. The summed E-state index contributed by atoms with van der Waals surface area (Å²) in [5, 5.41) is 15.3. The molecule has 0 aliphatic carbocycles. The molecule has 7 nitrogen and oxygen atoms in total. The average molecular weight is 503 g/mol. The second-order valence-electron chi connectivity index (χ2n) is 8.17. The Balaban J connectivity index is 1.38. The van der Waals surface area contributed by atoms with Crippen molar-refractivity contribution >= 4 is 22.5 Å². The fraction of sp³-hybridized carbons (Fsp3) is 0.185. The smallest absolute Gasteiger partial charge is 0.453 e. The molecule has 0 saturated carbocycles. The van der Waals surface area contributed by atoms with Crippen molar-refractivity contribution in [1.29, 1.82) is 0 Å². The predicted molar refractivity (Wildman–Crippen MR) is 131 cm³/mol. The molecule has 5 rings (SSSR count). The van der Waals surface area contributed by atoms with E-state index in [4.69, 9.17) is 4.74 Å². The number of rotatable bonds is 8. The number of ether oxygens (including phenoxy) is 1. The van der Waals surface area contributed by atoms with Crippen molar-refractivity contribution in [3.05, 3.63) is 102 Å². The van der Waals surface area contributed by atoms with Gasteiger partial charge in [0.05, 0.1) is 11.7 Å². The van der Waals surface area contributed by atoms with Crippen LogP contribution < -0.4 is 10.1 Å². The summed E-state index contributed by atoms with van der Waals surface area (Å²) in [6.07, 6.45) is -0.140. The summed E-state index contributed by atoms with van der Waals surface area (Å²) in [6, 6.07) is 24.2. The van der Waals surface area contributed by atoms with Crippen molar-refractivity contribution in [1.82, 2.24) is 30.1 Å². The zero-order chi connectivity index (χ0) is 25.8. The van der Waals surface area contributed by atoms with Crippen LogP contribution in [0.1, 0.15) is 42.2 Å². The van der Waals surface area contributed by atoms with Crippen molar-refractivity contribution in [2.24, 2.45) is 0 Å². The van der Waals surface area contributed by atoms with E-state index in [1.165, 1.54) is 0 Å².